The maximum absolute atomic E-state index is 13.8. The molecule has 3 amide bonds. The third-order valence-corrected chi connectivity index (χ3v) is 10.6. The molecule has 242 valence electrons. The van der Waals surface area contributed by atoms with E-state index in [0.717, 1.165) is 58.8 Å². The Labute approximate surface area is 268 Å². The number of rotatable bonds is 13. The molecule has 5 N–H and O–H groups in total. The summed E-state index contributed by atoms with van der Waals surface area (Å²) >= 11 is 3.24. The van der Waals surface area contributed by atoms with Crippen LogP contribution in [0.2, 0.25) is 0 Å². The molecular weight excluding hydrogens is 599 g/mol. The van der Waals surface area contributed by atoms with E-state index in [9.17, 15) is 24.6 Å². The SMILES string of the molecule is C=C(C(=O)NCC(NC(=O)C(Cc1nc2ccc(C(C)C)cc2s1)NC(=O)CC)C1CCCCC1)C(O)(O)N1CCSCC1. The monoisotopic (exact) mass is 645 g/mol. The third-order valence-electron chi connectivity index (χ3n) is 8.64. The number of thiazole rings is 1. The summed E-state index contributed by atoms with van der Waals surface area (Å²) in [6.07, 6.45) is 5.48. The van der Waals surface area contributed by atoms with E-state index in [0.29, 0.717) is 19.0 Å². The smallest absolute Gasteiger partial charge is 0.258 e. The Hall–Kier alpha value is -2.51. The van der Waals surface area contributed by atoms with Crippen molar-refractivity contribution in [2.45, 2.75) is 89.6 Å². The van der Waals surface area contributed by atoms with E-state index in [1.165, 1.54) is 21.8 Å². The van der Waals surface area contributed by atoms with Gasteiger partial charge in [-0.1, -0.05) is 52.7 Å². The molecule has 4 rings (SSSR count). The number of carbonyl (C=O) groups is 3. The molecule has 0 bridgehead atoms. The molecule has 2 atom stereocenters. The topological polar surface area (TPSA) is 144 Å². The highest BCUT2D eigenvalue weighted by Crippen LogP contribution is 2.29. The van der Waals surface area contributed by atoms with Crippen molar-refractivity contribution in [3.05, 3.63) is 40.9 Å². The lowest BCUT2D eigenvalue weighted by Crippen LogP contribution is -2.57. The molecule has 1 aliphatic heterocycles. The van der Waals surface area contributed by atoms with Crippen molar-refractivity contribution in [3.8, 4) is 0 Å². The summed E-state index contributed by atoms with van der Waals surface area (Å²) in [5.74, 6) is -1.69. The molecule has 10 nitrogen and oxygen atoms in total. The number of aromatic nitrogens is 1. The normalized spacial score (nSPS) is 18.1. The van der Waals surface area contributed by atoms with Crippen molar-refractivity contribution in [2.75, 3.05) is 31.1 Å². The van der Waals surface area contributed by atoms with Crippen LogP contribution in [0.4, 0.5) is 0 Å². The highest BCUT2D eigenvalue weighted by Gasteiger charge is 2.40. The molecule has 1 aliphatic carbocycles. The van der Waals surface area contributed by atoms with Gasteiger partial charge in [0.1, 0.15) is 6.04 Å². The first kappa shape index (κ1) is 34.4. The number of thioether (sulfide) groups is 1. The predicted molar refractivity (Wildman–Crippen MR) is 176 cm³/mol. The number of nitrogens with one attached hydrogen (secondary N) is 3. The van der Waals surface area contributed by atoms with Crippen molar-refractivity contribution in [3.63, 3.8) is 0 Å². The van der Waals surface area contributed by atoms with Crippen molar-refractivity contribution in [1.82, 2.24) is 25.8 Å². The maximum Gasteiger partial charge on any atom is 0.258 e. The fourth-order valence-electron chi connectivity index (χ4n) is 5.80. The van der Waals surface area contributed by atoms with E-state index in [-0.39, 0.29) is 42.7 Å². The summed E-state index contributed by atoms with van der Waals surface area (Å²) in [5.41, 5.74) is 1.74. The van der Waals surface area contributed by atoms with Gasteiger partial charge in [-0.25, -0.2) is 9.88 Å². The zero-order valence-corrected chi connectivity index (χ0v) is 27.7. The molecule has 1 aromatic heterocycles. The fourth-order valence-corrected chi connectivity index (χ4v) is 7.76. The molecule has 2 fully saturated rings. The summed E-state index contributed by atoms with van der Waals surface area (Å²) in [4.78, 5) is 45.5. The van der Waals surface area contributed by atoms with E-state index >= 15 is 0 Å². The van der Waals surface area contributed by atoms with Crippen LogP contribution in [-0.2, 0) is 20.8 Å². The minimum absolute atomic E-state index is 0.105. The molecule has 0 radical (unpaired) electrons. The molecular formula is C32H47N5O5S2. The molecule has 0 spiro atoms. The van der Waals surface area contributed by atoms with Gasteiger partial charge in [0.05, 0.1) is 20.8 Å². The van der Waals surface area contributed by atoms with Gasteiger partial charge in [-0.15, -0.1) is 11.3 Å². The molecule has 1 saturated carbocycles. The number of fused-ring (bicyclic) bond motifs is 1. The lowest BCUT2D eigenvalue weighted by Gasteiger charge is -2.38. The van der Waals surface area contributed by atoms with Gasteiger partial charge in [0.15, 0.2) is 0 Å². The van der Waals surface area contributed by atoms with Crippen LogP contribution in [0.15, 0.2) is 30.4 Å². The second kappa shape index (κ2) is 15.7. The quantitative estimate of drug-likeness (QED) is 0.165. The molecule has 2 heterocycles. The van der Waals surface area contributed by atoms with Crippen molar-refractivity contribution in [1.29, 1.82) is 0 Å². The highest BCUT2D eigenvalue weighted by molar-refractivity contribution is 7.99. The van der Waals surface area contributed by atoms with E-state index in [2.05, 4.69) is 48.5 Å². The number of hydrogen-bond acceptors (Lipinski definition) is 9. The van der Waals surface area contributed by atoms with E-state index in [1.54, 1.807) is 18.7 Å². The summed E-state index contributed by atoms with van der Waals surface area (Å²) in [5, 5.41) is 31.1. The lowest BCUT2D eigenvalue weighted by atomic mass is 9.83. The molecule has 44 heavy (non-hydrogen) atoms. The molecule has 1 aromatic carbocycles. The Balaban J connectivity index is 1.47. The lowest BCUT2D eigenvalue weighted by molar-refractivity contribution is -0.232. The molecule has 2 aliphatic rings. The Morgan fingerprint density at radius 1 is 1.11 bits per heavy atom. The van der Waals surface area contributed by atoms with Crippen LogP contribution in [-0.4, -0.2) is 87.0 Å². The Bertz CT molecular complexity index is 1320. The standard InChI is InChI=1S/C32H47N5O5S2/c1-5-28(38)34-25(18-29-35-24-12-11-23(20(2)3)17-27(24)44-29)31(40)36-26(22-9-7-6-8-10-22)19-33-30(39)21(4)32(41,42)37-13-15-43-16-14-37/h11-12,17,20,22,25-26,41-42H,4-10,13-16,18-19H2,1-3H3,(H,33,39)(H,34,38)(H,36,40). The zero-order chi connectivity index (χ0) is 31.9. The minimum Gasteiger partial charge on any atom is -0.350 e. The maximum atomic E-state index is 13.8. The van der Waals surface area contributed by atoms with Crippen LogP contribution in [0.5, 0.6) is 0 Å². The number of nitrogens with zero attached hydrogens (tertiary/aromatic N) is 2. The largest absolute Gasteiger partial charge is 0.350 e. The van der Waals surface area contributed by atoms with Gasteiger partial charge < -0.3 is 26.2 Å². The van der Waals surface area contributed by atoms with Crippen LogP contribution in [0.3, 0.4) is 0 Å². The fraction of sp³-hybridized carbons (Fsp3) is 0.625. The van der Waals surface area contributed by atoms with Gasteiger partial charge in [0.2, 0.25) is 11.8 Å². The summed E-state index contributed by atoms with van der Waals surface area (Å²) in [6.45, 7) is 10.7. The third kappa shape index (κ3) is 8.81. The predicted octanol–water partition coefficient (Wildman–Crippen LogP) is 3.28. The molecule has 1 saturated heterocycles. The van der Waals surface area contributed by atoms with Crippen LogP contribution < -0.4 is 16.0 Å². The Morgan fingerprint density at radius 3 is 2.48 bits per heavy atom. The van der Waals surface area contributed by atoms with Gasteiger partial charge in [-0.3, -0.25) is 14.4 Å². The second-order valence-corrected chi connectivity index (χ2v) is 14.4. The number of amides is 3. The average molecular weight is 646 g/mol. The first-order valence-corrected chi connectivity index (χ1v) is 17.7. The summed E-state index contributed by atoms with van der Waals surface area (Å²) in [7, 11) is 0. The Morgan fingerprint density at radius 2 is 1.82 bits per heavy atom. The van der Waals surface area contributed by atoms with Crippen LogP contribution in [0.1, 0.15) is 75.8 Å². The first-order valence-electron chi connectivity index (χ1n) is 15.7. The first-order chi connectivity index (χ1) is 21.0. The Kier molecular flexibility index (Phi) is 12.2. The van der Waals surface area contributed by atoms with Crippen molar-refractivity contribution >= 4 is 51.0 Å². The average Bonchev–Trinajstić information content (AvgIpc) is 3.44. The number of carbonyl (C=O) groups excluding carboxylic acids is 3. The van der Waals surface area contributed by atoms with E-state index in [4.69, 9.17) is 4.98 Å². The van der Waals surface area contributed by atoms with Crippen LogP contribution in [0.25, 0.3) is 10.2 Å². The summed E-state index contributed by atoms with van der Waals surface area (Å²) in [6, 6.07) is 4.97. The number of benzene rings is 1. The van der Waals surface area contributed by atoms with Gasteiger partial charge in [0, 0.05) is 50.0 Å². The van der Waals surface area contributed by atoms with Crippen LogP contribution in [0, 0.1) is 5.92 Å². The molecule has 12 heteroatoms. The van der Waals surface area contributed by atoms with E-state index < -0.39 is 23.9 Å². The highest BCUT2D eigenvalue weighted by atomic mass is 32.2. The molecule has 2 aromatic rings. The van der Waals surface area contributed by atoms with Crippen molar-refractivity contribution < 1.29 is 24.6 Å². The number of aliphatic hydroxyl groups is 2. The van der Waals surface area contributed by atoms with Crippen LogP contribution >= 0.6 is 23.1 Å². The minimum atomic E-state index is -2.45. The van der Waals surface area contributed by atoms with Gasteiger partial charge in [-0.05, 0) is 42.4 Å². The summed E-state index contributed by atoms with van der Waals surface area (Å²) < 4.78 is 1.04. The van der Waals surface area contributed by atoms with Crippen molar-refractivity contribution in [2.24, 2.45) is 5.92 Å². The number of hydrogen-bond donors (Lipinski definition) is 5. The zero-order valence-electron chi connectivity index (χ0n) is 26.1. The van der Waals surface area contributed by atoms with Gasteiger partial charge in [0.25, 0.3) is 11.8 Å². The van der Waals surface area contributed by atoms with Gasteiger partial charge in [-0.2, -0.15) is 11.8 Å². The molecule has 2 unspecified atom stereocenters. The van der Waals surface area contributed by atoms with E-state index in [1.807, 2.05) is 6.07 Å². The van der Waals surface area contributed by atoms with Gasteiger partial charge >= 0.3 is 0 Å². The second-order valence-electron chi connectivity index (χ2n) is 12.1.